The van der Waals surface area contributed by atoms with Gasteiger partial charge in [-0.2, -0.15) is 0 Å². The number of para-hydroxylation sites is 1. The van der Waals surface area contributed by atoms with Crippen LogP contribution in [0.1, 0.15) is 28.4 Å². The van der Waals surface area contributed by atoms with E-state index in [-0.39, 0.29) is 36.4 Å². The highest BCUT2D eigenvalue weighted by atomic mass is 16.2. The van der Waals surface area contributed by atoms with Gasteiger partial charge in [0.2, 0.25) is 11.8 Å². The highest BCUT2D eigenvalue weighted by molar-refractivity contribution is 6.08. The van der Waals surface area contributed by atoms with Gasteiger partial charge in [0.05, 0.1) is 29.9 Å². The van der Waals surface area contributed by atoms with Gasteiger partial charge in [-0.3, -0.25) is 19.2 Å². The summed E-state index contributed by atoms with van der Waals surface area (Å²) in [5.74, 6) is -0.696. The molecule has 0 aliphatic carbocycles. The van der Waals surface area contributed by atoms with E-state index in [4.69, 9.17) is 4.98 Å². The number of amides is 3. The normalized spacial score (nSPS) is 17.6. The van der Waals surface area contributed by atoms with Crippen molar-refractivity contribution >= 4 is 28.6 Å². The summed E-state index contributed by atoms with van der Waals surface area (Å²) in [5.41, 5.74) is 3.62. The van der Waals surface area contributed by atoms with Crippen LogP contribution in [0.3, 0.4) is 0 Å². The SMILES string of the molecule is O=C(CNC(=O)c1cc(-c2ccccc2)nc2ccccc12)NCC(=O)N1CC2CC(C1)c1cccc(=O)n1C2. The third-order valence-corrected chi connectivity index (χ3v) is 7.71. The van der Waals surface area contributed by atoms with Crippen LogP contribution in [0, 0.1) is 5.92 Å². The van der Waals surface area contributed by atoms with E-state index in [0.717, 1.165) is 17.7 Å². The smallest absolute Gasteiger partial charge is 0.252 e. The molecule has 1 saturated heterocycles. The van der Waals surface area contributed by atoms with Crippen molar-refractivity contribution in [2.24, 2.45) is 5.92 Å². The molecule has 1 fully saturated rings. The van der Waals surface area contributed by atoms with Crippen molar-refractivity contribution < 1.29 is 14.4 Å². The molecule has 2 aromatic heterocycles. The van der Waals surface area contributed by atoms with Crippen molar-refractivity contribution in [3.05, 3.63) is 100 Å². The highest BCUT2D eigenvalue weighted by Crippen LogP contribution is 2.34. The Labute approximate surface area is 230 Å². The number of nitrogens with zero attached hydrogens (tertiary/aromatic N) is 3. The number of aromatic nitrogens is 2. The first-order valence-corrected chi connectivity index (χ1v) is 13.4. The van der Waals surface area contributed by atoms with E-state index in [9.17, 15) is 19.2 Å². The summed E-state index contributed by atoms with van der Waals surface area (Å²) in [6.45, 7) is 1.27. The molecule has 4 heterocycles. The number of carbonyl (C=O) groups excluding carboxylic acids is 3. The fourth-order valence-corrected chi connectivity index (χ4v) is 5.82. The van der Waals surface area contributed by atoms with Gasteiger partial charge >= 0.3 is 0 Å². The van der Waals surface area contributed by atoms with E-state index in [2.05, 4.69) is 10.6 Å². The van der Waals surface area contributed by atoms with Crippen LogP contribution in [-0.2, 0) is 16.1 Å². The minimum atomic E-state index is -0.447. The predicted molar refractivity (Wildman–Crippen MR) is 151 cm³/mol. The second-order valence-electron chi connectivity index (χ2n) is 10.4. The molecule has 2 atom stereocenters. The standard InChI is InChI=1S/C31H29N5O4/c37-28(32-16-30(39)35-17-20-13-22(19-35)27-11-6-12-29(38)36(27)18-20)15-33-31(40)24-14-26(21-7-2-1-3-8-21)34-25-10-5-4-9-23(24)25/h1-12,14,20,22H,13,15-19H2,(H,32,37)(H,33,40). The third-order valence-electron chi connectivity index (χ3n) is 7.71. The molecule has 6 rings (SSSR count). The average molecular weight is 536 g/mol. The molecule has 9 nitrogen and oxygen atoms in total. The third kappa shape index (κ3) is 5.10. The molecule has 2 bridgehead atoms. The van der Waals surface area contributed by atoms with Crippen molar-refractivity contribution in [3.63, 3.8) is 0 Å². The van der Waals surface area contributed by atoms with E-state index >= 15 is 0 Å². The van der Waals surface area contributed by atoms with Crippen LogP contribution < -0.4 is 16.2 Å². The molecule has 3 amide bonds. The van der Waals surface area contributed by atoms with E-state index < -0.39 is 11.8 Å². The van der Waals surface area contributed by atoms with Crippen molar-refractivity contribution in [1.82, 2.24) is 25.1 Å². The van der Waals surface area contributed by atoms with Crippen LogP contribution in [0.15, 0.2) is 83.7 Å². The van der Waals surface area contributed by atoms with Gasteiger partial charge in [0, 0.05) is 48.3 Å². The largest absolute Gasteiger partial charge is 0.345 e. The topological polar surface area (TPSA) is 113 Å². The Kier molecular flexibility index (Phi) is 6.86. The van der Waals surface area contributed by atoms with Crippen LogP contribution in [0.5, 0.6) is 0 Å². The lowest BCUT2D eigenvalue weighted by Crippen LogP contribution is -2.51. The summed E-state index contributed by atoms with van der Waals surface area (Å²) in [4.78, 5) is 57.4. The summed E-state index contributed by atoms with van der Waals surface area (Å²) in [6.07, 6.45) is 0.946. The summed E-state index contributed by atoms with van der Waals surface area (Å²) in [5, 5.41) is 6.02. The van der Waals surface area contributed by atoms with Crippen LogP contribution in [0.4, 0.5) is 0 Å². The quantitative estimate of drug-likeness (QED) is 0.394. The van der Waals surface area contributed by atoms with Gasteiger partial charge in [-0.05, 0) is 30.5 Å². The average Bonchev–Trinajstić information content (AvgIpc) is 2.99. The molecular weight excluding hydrogens is 506 g/mol. The number of rotatable bonds is 6. The molecule has 2 aliphatic heterocycles. The van der Waals surface area contributed by atoms with Crippen LogP contribution in [0.25, 0.3) is 22.2 Å². The summed E-state index contributed by atoms with van der Waals surface area (Å²) in [7, 11) is 0. The van der Waals surface area contributed by atoms with Crippen molar-refractivity contribution in [3.8, 4) is 11.3 Å². The first-order chi connectivity index (χ1) is 19.5. The lowest BCUT2D eigenvalue weighted by atomic mass is 9.83. The zero-order valence-corrected chi connectivity index (χ0v) is 21.9. The molecule has 2 N–H and O–H groups in total. The Morgan fingerprint density at radius 2 is 1.65 bits per heavy atom. The lowest BCUT2D eigenvalue weighted by Gasteiger charge is -2.42. The minimum absolute atomic E-state index is 0.00246. The van der Waals surface area contributed by atoms with E-state index in [1.54, 1.807) is 23.1 Å². The predicted octanol–water partition coefficient (Wildman–Crippen LogP) is 2.56. The first kappa shape index (κ1) is 25.5. The Bertz CT molecular complexity index is 1670. The maximum atomic E-state index is 13.2. The molecule has 2 unspecified atom stereocenters. The molecular formula is C31H29N5O4. The summed E-state index contributed by atoms with van der Waals surface area (Å²) >= 11 is 0. The monoisotopic (exact) mass is 535 g/mol. The van der Waals surface area contributed by atoms with Gasteiger partial charge in [-0.1, -0.05) is 54.6 Å². The van der Waals surface area contributed by atoms with E-state index in [1.165, 1.54) is 0 Å². The van der Waals surface area contributed by atoms with Gasteiger partial charge < -0.3 is 20.1 Å². The molecule has 0 saturated carbocycles. The van der Waals surface area contributed by atoms with Gasteiger partial charge in [-0.25, -0.2) is 4.98 Å². The number of piperidine rings is 1. The molecule has 4 aromatic rings. The number of pyridine rings is 2. The fraction of sp³-hybridized carbons (Fsp3) is 0.258. The van der Waals surface area contributed by atoms with Crippen molar-refractivity contribution in [2.75, 3.05) is 26.2 Å². The maximum Gasteiger partial charge on any atom is 0.252 e. The molecule has 0 spiro atoms. The Balaban J connectivity index is 1.07. The van der Waals surface area contributed by atoms with Crippen molar-refractivity contribution in [1.29, 1.82) is 0 Å². The highest BCUT2D eigenvalue weighted by Gasteiger charge is 2.36. The number of likely N-dealkylation sites (tertiary alicyclic amines) is 1. The van der Waals surface area contributed by atoms with Gasteiger partial charge in [-0.15, -0.1) is 0 Å². The molecule has 202 valence electrons. The van der Waals surface area contributed by atoms with E-state index in [1.807, 2.05) is 65.2 Å². The first-order valence-electron chi connectivity index (χ1n) is 13.4. The lowest BCUT2D eigenvalue weighted by molar-refractivity contribution is -0.135. The summed E-state index contributed by atoms with van der Waals surface area (Å²) < 4.78 is 1.82. The Morgan fingerprint density at radius 1 is 0.850 bits per heavy atom. The number of fused-ring (bicyclic) bond motifs is 5. The second-order valence-corrected chi connectivity index (χ2v) is 10.4. The number of nitrogens with one attached hydrogen (secondary N) is 2. The molecule has 9 heteroatoms. The van der Waals surface area contributed by atoms with Gasteiger partial charge in [0.15, 0.2) is 0 Å². The molecule has 2 aromatic carbocycles. The number of carbonyl (C=O) groups is 3. The fourth-order valence-electron chi connectivity index (χ4n) is 5.82. The minimum Gasteiger partial charge on any atom is -0.345 e. The zero-order valence-electron chi connectivity index (χ0n) is 21.9. The number of hydrogen-bond acceptors (Lipinski definition) is 5. The maximum absolute atomic E-state index is 13.2. The van der Waals surface area contributed by atoms with Gasteiger partial charge in [0.1, 0.15) is 0 Å². The van der Waals surface area contributed by atoms with E-state index in [0.29, 0.717) is 41.8 Å². The van der Waals surface area contributed by atoms with Gasteiger partial charge in [0.25, 0.3) is 11.5 Å². The zero-order chi connectivity index (χ0) is 27.6. The van der Waals surface area contributed by atoms with Crippen LogP contribution >= 0.6 is 0 Å². The van der Waals surface area contributed by atoms with Crippen molar-refractivity contribution in [2.45, 2.75) is 18.9 Å². The molecule has 2 aliphatic rings. The molecule has 40 heavy (non-hydrogen) atoms. The Morgan fingerprint density at radius 3 is 2.50 bits per heavy atom. The van der Waals surface area contributed by atoms with Crippen LogP contribution in [-0.4, -0.2) is 58.4 Å². The number of hydrogen-bond donors (Lipinski definition) is 2. The van der Waals surface area contributed by atoms with Crippen LogP contribution in [0.2, 0.25) is 0 Å². The molecule has 0 radical (unpaired) electrons. The number of benzene rings is 2. The Hall–Kier alpha value is -4.79. The summed E-state index contributed by atoms with van der Waals surface area (Å²) in [6, 6.07) is 24.0. The second kappa shape index (κ2) is 10.8.